The maximum Gasteiger partial charge on any atom is 0.318 e. The van der Waals surface area contributed by atoms with Gasteiger partial charge < -0.3 is 10.2 Å². The van der Waals surface area contributed by atoms with Gasteiger partial charge in [0.05, 0.1) is 12.1 Å². The standard InChI is InChI=1S/C9H15N3O/c1-9(2,3)7-6-12(5-4-10)8(13)11-7/h7H,5-6H2,1-3H3,(H,11,13). The van der Waals surface area contributed by atoms with Crippen molar-refractivity contribution in [1.29, 1.82) is 5.26 Å². The summed E-state index contributed by atoms with van der Waals surface area (Å²) >= 11 is 0. The van der Waals surface area contributed by atoms with E-state index in [1.807, 2.05) is 6.07 Å². The summed E-state index contributed by atoms with van der Waals surface area (Å²) in [4.78, 5) is 12.8. The molecule has 1 rings (SSSR count). The second-order valence-corrected chi connectivity index (χ2v) is 4.41. The third-order valence-electron chi connectivity index (χ3n) is 2.29. The molecule has 1 fully saturated rings. The lowest BCUT2D eigenvalue weighted by Gasteiger charge is -2.25. The van der Waals surface area contributed by atoms with E-state index >= 15 is 0 Å². The number of nitrogens with one attached hydrogen (secondary N) is 1. The summed E-state index contributed by atoms with van der Waals surface area (Å²) in [6.45, 7) is 7.05. The largest absolute Gasteiger partial charge is 0.333 e. The minimum absolute atomic E-state index is 0.0554. The van der Waals surface area contributed by atoms with Crippen molar-refractivity contribution >= 4 is 6.03 Å². The molecule has 1 saturated heterocycles. The molecule has 0 aromatic heterocycles. The van der Waals surface area contributed by atoms with Crippen LogP contribution in [0.5, 0.6) is 0 Å². The zero-order chi connectivity index (χ0) is 10.1. The molecule has 1 aliphatic heterocycles. The Labute approximate surface area is 78.5 Å². The van der Waals surface area contributed by atoms with Crippen molar-refractivity contribution in [3.05, 3.63) is 0 Å². The van der Waals surface area contributed by atoms with Gasteiger partial charge in [-0.25, -0.2) is 4.79 Å². The summed E-state index contributed by atoms with van der Waals surface area (Å²) in [5, 5.41) is 11.3. The van der Waals surface area contributed by atoms with Gasteiger partial charge in [0, 0.05) is 6.54 Å². The fourth-order valence-corrected chi connectivity index (χ4v) is 1.30. The van der Waals surface area contributed by atoms with E-state index in [9.17, 15) is 4.79 Å². The van der Waals surface area contributed by atoms with E-state index in [2.05, 4.69) is 26.1 Å². The Morgan fingerprint density at radius 2 is 2.31 bits per heavy atom. The highest BCUT2D eigenvalue weighted by Gasteiger charge is 2.35. The third-order valence-corrected chi connectivity index (χ3v) is 2.29. The van der Waals surface area contributed by atoms with E-state index in [4.69, 9.17) is 5.26 Å². The first-order chi connectivity index (χ1) is 5.95. The van der Waals surface area contributed by atoms with Gasteiger partial charge in [-0.05, 0) is 5.41 Å². The van der Waals surface area contributed by atoms with E-state index in [0.717, 1.165) is 0 Å². The predicted molar refractivity (Wildman–Crippen MR) is 49.0 cm³/mol. The minimum Gasteiger partial charge on any atom is -0.333 e. The normalized spacial score (nSPS) is 22.8. The number of hydrogen-bond donors (Lipinski definition) is 1. The van der Waals surface area contributed by atoms with E-state index in [0.29, 0.717) is 6.54 Å². The van der Waals surface area contributed by atoms with Crippen LogP contribution in [0, 0.1) is 16.7 Å². The van der Waals surface area contributed by atoms with Crippen LogP contribution in [0.15, 0.2) is 0 Å². The molecule has 0 saturated carbocycles. The Morgan fingerprint density at radius 1 is 1.69 bits per heavy atom. The van der Waals surface area contributed by atoms with Crippen molar-refractivity contribution in [2.24, 2.45) is 5.41 Å². The Kier molecular flexibility index (Phi) is 2.46. The van der Waals surface area contributed by atoms with Gasteiger partial charge in [0.15, 0.2) is 0 Å². The SMILES string of the molecule is CC(C)(C)C1CN(CC#N)C(=O)N1. The van der Waals surface area contributed by atoms with Crippen molar-refractivity contribution in [2.75, 3.05) is 13.1 Å². The zero-order valence-corrected chi connectivity index (χ0v) is 8.29. The van der Waals surface area contributed by atoms with Crippen molar-refractivity contribution in [3.8, 4) is 6.07 Å². The van der Waals surface area contributed by atoms with Crippen molar-refractivity contribution in [1.82, 2.24) is 10.2 Å². The van der Waals surface area contributed by atoms with Crippen LogP contribution in [0.2, 0.25) is 0 Å². The van der Waals surface area contributed by atoms with E-state index < -0.39 is 0 Å². The molecule has 1 atom stereocenters. The van der Waals surface area contributed by atoms with Crippen LogP contribution in [0.1, 0.15) is 20.8 Å². The Hall–Kier alpha value is -1.24. The average Bonchev–Trinajstić information content (AvgIpc) is 2.32. The predicted octanol–water partition coefficient (Wildman–Crippen LogP) is 0.950. The molecule has 4 nitrogen and oxygen atoms in total. The van der Waals surface area contributed by atoms with Gasteiger partial charge in [-0.1, -0.05) is 20.8 Å². The van der Waals surface area contributed by atoms with Crippen LogP contribution in [0.25, 0.3) is 0 Å². The number of carbonyl (C=O) groups is 1. The molecule has 2 amide bonds. The first kappa shape index (κ1) is 9.85. The molecule has 0 bridgehead atoms. The highest BCUT2D eigenvalue weighted by Crippen LogP contribution is 2.23. The maximum absolute atomic E-state index is 11.3. The number of carbonyl (C=O) groups excluding carboxylic acids is 1. The first-order valence-corrected chi connectivity index (χ1v) is 4.37. The first-order valence-electron chi connectivity index (χ1n) is 4.37. The Morgan fingerprint density at radius 3 is 2.69 bits per heavy atom. The van der Waals surface area contributed by atoms with Gasteiger partial charge in [0.25, 0.3) is 0 Å². The maximum atomic E-state index is 11.3. The number of urea groups is 1. The molecule has 0 aromatic rings. The summed E-state index contributed by atoms with van der Waals surface area (Å²) in [5.41, 5.74) is 0.0554. The number of rotatable bonds is 1. The van der Waals surface area contributed by atoms with Crippen molar-refractivity contribution in [2.45, 2.75) is 26.8 Å². The van der Waals surface area contributed by atoms with Gasteiger partial charge in [0.2, 0.25) is 0 Å². The second-order valence-electron chi connectivity index (χ2n) is 4.41. The van der Waals surface area contributed by atoms with Crippen LogP contribution in [-0.4, -0.2) is 30.1 Å². The van der Waals surface area contributed by atoms with E-state index in [-0.39, 0.29) is 24.0 Å². The number of amides is 2. The van der Waals surface area contributed by atoms with Crippen LogP contribution in [-0.2, 0) is 0 Å². The molecule has 1 aliphatic rings. The van der Waals surface area contributed by atoms with Crippen LogP contribution < -0.4 is 5.32 Å². The molecule has 4 heteroatoms. The lowest BCUT2D eigenvalue weighted by Crippen LogP contribution is -2.38. The van der Waals surface area contributed by atoms with Gasteiger partial charge >= 0.3 is 6.03 Å². The summed E-state index contributed by atoms with van der Waals surface area (Å²) in [5.74, 6) is 0. The molecule has 1 N–H and O–H groups in total. The third kappa shape index (κ3) is 2.11. The smallest absolute Gasteiger partial charge is 0.318 e. The number of nitriles is 1. The van der Waals surface area contributed by atoms with Gasteiger partial charge in [0.1, 0.15) is 6.54 Å². The van der Waals surface area contributed by atoms with Crippen LogP contribution >= 0.6 is 0 Å². The molecule has 0 spiro atoms. The molecule has 0 aromatic carbocycles. The molecular formula is C9H15N3O. The van der Waals surface area contributed by atoms with Crippen LogP contribution in [0.3, 0.4) is 0 Å². The topological polar surface area (TPSA) is 56.1 Å². The van der Waals surface area contributed by atoms with Crippen molar-refractivity contribution in [3.63, 3.8) is 0 Å². The monoisotopic (exact) mass is 181 g/mol. The van der Waals surface area contributed by atoms with Crippen molar-refractivity contribution < 1.29 is 4.79 Å². The lowest BCUT2D eigenvalue weighted by molar-refractivity contribution is 0.222. The molecule has 13 heavy (non-hydrogen) atoms. The Balaban J connectivity index is 2.61. The number of nitrogens with zero attached hydrogens (tertiary/aromatic N) is 2. The van der Waals surface area contributed by atoms with Gasteiger partial charge in [-0.15, -0.1) is 0 Å². The Bertz CT molecular complexity index is 249. The summed E-state index contributed by atoms with van der Waals surface area (Å²) in [6, 6.07) is 2.00. The highest BCUT2D eigenvalue weighted by atomic mass is 16.2. The molecule has 0 radical (unpaired) electrons. The van der Waals surface area contributed by atoms with E-state index in [1.54, 1.807) is 0 Å². The lowest BCUT2D eigenvalue weighted by atomic mass is 9.87. The highest BCUT2D eigenvalue weighted by molar-refractivity contribution is 5.77. The van der Waals surface area contributed by atoms with Gasteiger partial charge in [-0.2, -0.15) is 5.26 Å². The van der Waals surface area contributed by atoms with Crippen LogP contribution in [0.4, 0.5) is 4.79 Å². The zero-order valence-electron chi connectivity index (χ0n) is 8.29. The molecule has 72 valence electrons. The molecular weight excluding hydrogens is 166 g/mol. The molecule has 0 aliphatic carbocycles. The summed E-state index contributed by atoms with van der Waals surface area (Å²) in [6.07, 6.45) is 0. The quantitative estimate of drug-likeness (QED) is 0.612. The van der Waals surface area contributed by atoms with E-state index in [1.165, 1.54) is 4.90 Å². The second kappa shape index (κ2) is 3.25. The van der Waals surface area contributed by atoms with Gasteiger partial charge in [-0.3, -0.25) is 0 Å². The minimum atomic E-state index is -0.124. The fraction of sp³-hybridized carbons (Fsp3) is 0.778. The molecule has 1 unspecified atom stereocenters. The fourth-order valence-electron chi connectivity index (χ4n) is 1.30. The number of hydrogen-bond acceptors (Lipinski definition) is 2. The summed E-state index contributed by atoms with van der Waals surface area (Å²) < 4.78 is 0. The average molecular weight is 181 g/mol. The molecule has 1 heterocycles. The summed E-state index contributed by atoms with van der Waals surface area (Å²) in [7, 11) is 0.